The van der Waals surface area contributed by atoms with Crippen LogP contribution in [0.3, 0.4) is 0 Å². The normalized spacial score (nSPS) is 16.3. The lowest BCUT2D eigenvalue weighted by molar-refractivity contribution is 0.515. The van der Waals surface area contributed by atoms with Gasteiger partial charge in [0.15, 0.2) is 5.82 Å². The van der Waals surface area contributed by atoms with E-state index in [9.17, 15) is 5.26 Å². The number of nitriles is 1. The maximum atomic E-state index is 9.20. The lowest BCUT2D eigenvalue weighted by Crippen LogP contribution is -2.20. The van der Waals surface area contributed by atoms with Crippen molar-refractivity contribution in [3.05, 3.63) is 16.8 Å². The van der Waals surface area contributed by atoms with Crippen molar-refractivity contribution in [2.24, 2.45) is 5.92 Å². The Balaban J connectivity index is 2.05. The van der Waals surface area contributed by atoms with Crippen LogP contribution in [0.25, 0.3) is 0 Å². The summed E-state index contributed by atoms with van der Waals surface area (Å²) in [7, 11) is 0. The van der Waals surface area contributed by atoms with Gasteiger partial charge >= 0.3 is 0 Å². The number of hydrogen-bond acceptors (Lipinski definition) is 5. The average molecular weight is 262 g/mol. The Bertz CT molecular complexity index is 461. The van der Waals surface area contributed by atoms with Gasteiger partial charge in [-0.25, -0.2) is 0 Å². The highest BCUT2D eigenvalue weighted by Gasteiger charge is 2.15. The van der Waals surface area contributed by atoms with Crippen molar-refractivity contribution in [3.63, 3.8) is 0 Å². The van der Waals surface area contributed by atoms with Gasteiger partial charge < -0.3 is 5.32 Å². The summed E-state index contributed by atoms with van der Waals surface area (Å²) in [5.74, 6) is 3.83. The predicted molar refractivity (Wildman–Crippen MR) is 74.8 cm³/mol. The number of anilines is 1. The molecule has 0 aliphatic carbocycles. The molecule has 2 rings (SSSR count). The molecule has 0 spiro atoms. The van der Waals surface area contributed by atoms with Gasteiger partial charge in [-0.1, -0.05) is 0 Å². The molecule has 4 nitrogen and oxygen atoms in total. The minimum absolute atomic E-state index is 0.632. The van der Waals surface area contributed by atoms with Crippen molar-refractivity contribution in [3.8, 4) is 6.07 Å². The highest BCUT2D eigenvalue weighted by molar-refractivity contribution is 7.99. The second-order valence-electron chi connectivity index (χ2n) is 4.68. The third-order valence-corrected chi connectivity index (χ3v) is 4.51. The lowest BCUT2D eigenvalue weighted by atomic mass is 10.0. The minimum atomic E-state index is 0.632. The van der Waals surface area contributed by atoms with E-state index in [1.165, 1.54) is 24.3 Å². The van der Waals surface area contributed by atoms with E-state index in [2.05, 4.69) is 21.6 Å². The Kier molecular flexibility index (Phi) is 4.43. The molecule has 1 fully saturated rings. The van der Waals surface area contributed by atoms with Gasteiger partial charge in [-0.2, -0.15) is 22.1 Å². The maximum absolute atomic E-state index is 9.20. The SMILES string of the molecule is Cc1nnc(NCC2CCSCC2)c(C#N)c1C. The fraction of sp³-hybridized carbons (Fsp3) is 0.615. The van der Waals surface area contributed by atoms with E-state index in [0.717, 1.165) is 17.8 Å². The van der Waals surface area contributed by atoms with Crippen LogP contribution in [-0.2, 0) is 0 Å². The standard InChI is InChI=1S/C13H18N4S/c1-9-10(2)16-17-13(12(9)7-14)15-8-11-3-5-18-6-4-11/h11H,3-6,8H2,1-2H3,(H,15,17). The smallest absolute Gasteiger partial charge is 0.166 e. The number of thioether (sulfide) groups is 1. The average Bonchev–Trinajstić information content (AvgIpc) is 2.41. The van der Waals surface area contributed by atoms with Gasteiger partial charge in [0.1, 0.15) is 11.6 Å². The Labute approximate surface area is 112 Å². The Morgan fingerprint density at radius 1 is 1.33 bits per heavy atom. The van der Waals surface area contributed by atoms with E-state index >= 15 is 0 Å². The summed E-state index contributed by atoms with van der Waals surface area (Å²) >= 11 is 2.02. The molecule has 0 atom stereocenters. The van der Waals surface area contributed by atoms with Crippen molar-refractivity contribution >= 4 is 17.6 Å². The molecule has 1 aromatic rings. The quantitative estimate of drug-likeness (QED) is 0.907. The monoisotopic (exact) mass is 262 g/mol. The van der Waals surface area contributed by atoms with E-state index < -0.39 is 0 Å². The van der Waals surface area contributed by atoms with Crippen molar-refractivity contribution in [1.82, 2.24) is 10.2 Å². The molecule has 0 bridgehead atoms. The molecule has 0 amide bonds. The van der Waals surface area contributed by atoms with Crippen molar-refractivity contribution in [2.75, 3.05) is 23.4 Å². The molecular formula is C13H18N4S. The molecule has 1 saturated heterocycles. The van der Waals surface area contributed by atoms with Crippen LogP contribution in [0.15, 0.2) is 0 Å². The third-order valence-electron chi connectivity index (χ3n) is 3.47. The van der Waals surface area contributed by atoms with Crippen LogP contribution in [0.1, 0.15) is 29.7 Å². The predicted octanol–water partition coefficient (Wildman–Crippen LogP) is 2.52. The molecule has 0 saturated carbocycles. The summed E-state index contributed by atoms with van der Waals surface area (Å²) < 4.78 is 0. The Morgan fingerprint density at radius 2 is 2.06 bits per heavy atom. The third kappa shape index (κ3) is 2.94. The van der Waals surface area contributed by atoms with Crippen molar-refractivity contribution in [1.29, 1.82) is 5.26 Å². The van der Waals surface area contributed by atoms with Crippen molar-refractivity contribution < 1.29 is 0 Å². The van der Waals surface area contributed by atoms with E-state index in [1.54, 1.807) is 0 Å². The molecule has 96 valence electrons. The van der Waals surface area contributed by atoms with E-state index in [1.807, 2.05) is 25.6 Å². The summed E-state index contributed by atoms with van der Waals surface area (Å²) in [6, 6.07) is 2.22. The lowest BCUT2D eigenvalue weighted by Gasteiger charge is -2.22. The fourth-order valence-corrected chi connectivity index (χ4v) is 3.26. The summed E-state index contributed by atoms with van der Waals surface area (Å²) in [4.78, 5) is 0. The number of hydrogen-bond donors (Lipinski definition) is 1. The maximum Gasteiger partial charge on any atom is 0.166 e. The van der Waals surface area contributed by atoms with E-state index in [0.29, 0.717) is 17.3 Å². The first-order valence-electron chi connectivity index (χ1n) is 6.28. The summed E-state index contributed by atoms with van der Waals surface area (Å²) in [6.07, 6.45) is 2.50. The number of aryl methyl sites for hydroxylation is 1. The van der Waals surface area contributed by atoms with Gasteiger partial charge in [0.05, 0.1) is 5.69 Å². The van der Waals surface area contributed by atoms with Gasteiger partial charge in [-0.15, -0.1) is 5.10 Å². The van der Waals surface area contributed by atoms with Crippen molar-refractivity contribution in [2.45, 2.75) is 26.7 Å². The molecule has 2 heterocycles. The molecule has 1 aliphatic rings. The molecule has 18 heavy (non-hydrogen) atoms. The van der Waals surface area contributed by atoms with Crippen LogP contribution < -0.4 is 5.32 Å². The number of rotatable bonds is 3. The molecule has 5 heteroatoms. The number of nitrogens with zero attached hydrogens (tertiary/aromatic N) is 3. The second kappa shape index (κ2) is 6.05. The number of aromatic nitrogens is 2. The first kappa shape index (κ1) is 13.2. The molecule has 1 aliphatic heterocycles. The van der Waals surface area contributed by atoms with Crippen LogP contribution >= 0.6 is 11.8 Å². The topological polar surface area (TPSA) is 61.6 Å². The molecule has 0 radical (unpaired) electrons. The van der Waals surface area contributed by atoms with Gasteiger partial charge in [0, 0.05) is 6.54 Å². The minimum Gasteiger partial charge on any atom is -0.367 e. The largest absolute Gasteiger partial charge is 0.367 e. The van der Waals surface area contributed by atoms with Crippen LogP contribution in [0.5, 0.6) is 0 Å². The van der Waals surface area contributed by atoms with Gasteiger partial charge in [0.25, 0.3) is 0 Å². The summed E-state index contributed by atoms with van der Waals surface area (Å²) in [5.41, 5.74) is 2.38. The first-order chi connectivity index (χ1) is 8.72. The highest BCUT2D eigenvalue weighted by atomic mass is 32.2. The number of nitrogens with one attached hydrogen (secondary N) is 1. The Morgan fingerprint density at radius 3 is 2.72 bits per heavy atom. The van der Waals surface area contributed by atoms with Crippen LogP contribution in [-0.4, -0.2) is 28.2 Å². The zero-order chi connectivity index (χ0) is 13.0. The molecule has 0 aromatic carbocycles. The molecular weight excluding hydrogens is 244 g/mol. The molecule has 0 unspecified atom stereocenters. The zero-order valence-corrected chi connectivity index (χ0v) is 11.7. The second-order valence-corrected chi connectivity index (χ2v) is 5.91. The summed E-state index contributed by atoms with van der Waals surface area (Å²) in [6.45, 7) is 4.70. The zero-order valence-electron chi connectivity index (χ0n) is 10.9. The highest BCUT2D eigenvalue weighted by Crippen LogP contribution is 2.24. The molecule has 1 N–H and O–H groups in total. The van der Waals surface area contributed by atoms with E-state index in [-0.39, 0.29) is 0 Å². The van der Waals surface area contributed by atoms with Crippen LogP contribution in [0, 0.1) is 31.1 Å². The van der Waals surface area contributed by atoms with Gasteiger partial charge in [-0.3, -0.25) is 0 Å². The fourth-order valence-electron chi connectivity index (χ4n) is 2.06. The molecule has 1 aromatic heterocycles. The Hall–Kier alpha value is -1.28. The van der Waals surface area contributed by atoms with E-state index in [4.69, 9.17) is 0 Å². The van der Waals surface area contributed by atoms with Crippen LogP contribution in [0.4, 0.5) is 5.82 Å². The van der Waals surface area contributed by atoms with Gasteiger partial charge in [0.2, 0.25) is 0 Å². The first-order valence-corrected chi connectivity index (χ1v) is 7.43. The van der Waals surface area contributed by atoms with Gasteiger partial charge in [-0.05, 0) is 49.7 Å². The van der Waals surface area contributed by atoms with Crippen LogP contribution in [0.2, 0.25) is 0 Å². The summed E-state index contributed by atoms with van der Waals surface area (Å²) in [5, 5.41) is 20.7.